The summed E-state index contributed by atoms with van der Waals surface area (Å²) in [4.78, 5) is 0. The first-order valence-electron chi connectivity index (χ1n) is 6.85. The second-order valence-corrected chi connectivity index (χ2v) is 8.45. The van der Waals surface area contributed by atoms with E-state index in [4.69, 9.17) is 23.3 Å². The molecule has 4 aliphatic rings. The lowest BCUT2D eigenvalue weighted by Gasteiger charge is -2.69. The van der Waals surface area contributed by atoms with Crippen molar-refractivity contribution in [3.8, 4) is 0 Å². The van der Waals surface area contributed by atoms with E-state index < -0.39 is 10.4 Å². The third kappa shape index (κ3) is 2.55. The molecule has 0 heterocycles. The molecule has 0 atom stereocenters. The quantitative estimate of drug-likeness (QED) is 0.594. The highest BCUT2D eigenvalue weighted by Crippen LogP contribution is 2.68. The molecule has 4 bridgehead atoms. The average Bonchev–Trinajstić information content (AvgIpc) is 2.09. The van der Waals surface area contributed by atoms with Crippen LogP contribution in [0.15, 0.2) is 0 Å². The van der Waals surface area contributed by atoms with Gasteiger partial charge in [0, 0.05) is 5.54 Å². The minimum Gasteiger partial charge on any atom is -0.324 e. The van der Waals surface area contributed by atoms with Gasteiger partial charge in [0.2, 0.25) is 0 Å². The van der Waals surface area contributed by atoms with Gasteiger partial charge in [-0.15, -0.1) is 0 Å². The largest absolute Gasteiger partial charge is 0.394 e. The Bertz CT molecular complexity index is 425. The Labute approximate surface area is 115 Å². The first-order valence-corrected chi connectivity index (χ1v) is 8.25. The van der Waals surface area contributed by atoms with Crippen molar-refractivity contribution >= 4 is 10.4 Å². The van der Waals surface area contributed by atoms with E-state index in [9.17, 15) is 0 Å². The molecule has 19 heavy (non-hydrogen) atoms. The van der Waals surface area contributed by atoms with Gasteiger partial charge in [0.05, 0.1) is 0 Å². The van der Waals surface area contributed by atoms with Gasteiger partial charge in [0.25, 0.3) is 0 Å². The van der Waals surface area contributed by atoms with Crippen LogP contribution >= 0.6 is 0 Å². The molecule has 0 spiro atoms. The van der Waals surface area contributed by atoms with Gasteiger partial charge in [-0.2, -0.15) is 8.42 Å². The predicted molar refractivity (Wildman–Crippen MR) is 73.0 cm³/mol. The summed E-state index contributed by atoms with van der Waals surface area (Å²) in [5.74, 6) is 1.99. The summed E-state index contributed by atoms with van der Waals surface area (Å²) in [5.41, 5.74) is 7.63. The van der Waals surface area contributed by atoms with Gasteiger partial charge in [-0.25, -0.2) is 0 Å². The molecule has 6 heteroatoms. The van der Waals surface area contributed by atoms with Gasteiger partial charge < -0.3 is 5.73 Å². The van der Waals surface area contributed by atoms with E-state index in [-0.39, 0.29) is 5.54 Å². The summed E-state index contributed by atoms with van der Waals surface area (Å²) in [6, 6.07) is 0. The van der Waals surface area contributed by atoms with Crippen molar-refractivity contribution in [2.24, 2.45) is 28.4 Å². The zero-order chi connectivity index (χ0) is 14.7. The number of rotatable bonds is 0. The van der Waals surface area contributed by atoms with Crippen LogP contribution in [0.25, 0.3) is 0 Å². The smallest absolute Gasteiger partial charge is 0.324 e. The van der Waals surface area contributed by atoms with E-state index in [1.807, 2.05) is 0 Å². The van der Waals surface area contributed by atoms with Crippen LogP contribution in [-0.2, 0) is 10.4 Å². The van der Waals surface area contributed by atoms with Crippen molar-refractivity contribution in [3.63, 3.8) is 0 Å². The number of nitrogens with two attached hydrogens (primary N) is 1. The second-order valence-electron chi connectivity index (χ2n) is 7.56. The summed E-state index contributed by atoms with van der Waals surface area (Å²) < 4.78 is 31.6. The molecule has 0 saturated heterocycles. The maximum atomic E-state index is 8.74. The molecule has 4 N–H and O–H groups in total. The van der Waals surface area contributed by atoms with E-state index in [0.717, 1.165) is 11.8 Å². The van der Waals surface area contributed by atoms with Crippen LogP contribution < -0.4 is 5.73 Å². The van der Waals surface area contributed by atoms with Crippen LogP contribution in [0.5, 0.6) is 0 Å². The minimum atomic E-state index is -4.67. The summed E-state index contributed by atoms with van der Waals surface area (Å²) in [7, 11) is -4.67. The van der Waals surface area contributed by atoms with Crippen molar-refractivity contribution in [2.75, 3.05) is 0 Å². The standard InChI is InChI=1S/C13H23N.H2O4S/c1-11-5-9-4-10(6-11)8-12(2,7-9)13(11,3)14;1-5(2,3)4/h9-10H,4-8,14H2,1-3H3;(H2,1,2,3,4). The van der Waals surface area contributed by atoms with Crippen molar-refractivity contribution in [1.29, 1.82) is 0 Å². The molecule has 4 rings (SSSR count). The molecule has 5 nitrogen and oxygen atoms in total. The Morgan fingerprint density at radius 3 is 1.47 bits per heavy atom. The molecule has 0 aromatic carbocycles. The highest BCUT2D eigenvalue weighted by atomic mass is 32.3. The maximum Gasteiger partial charge on any atom is 0.394 e. The van der Waals surface area contributed by atoms with E-state index in [1.54, 1.807) is 0 Å². The number of hydrogen-bond acceptors (Lipinski definition) is 3. The molecule has 0 amide bonds. The van der Waals surface area contributed by atoms with Crippen molar-refractivity contribution in [3.05, 3.63) is 0 Å². The minimum absolute atomic E-state index is 0.0768. The molecule has 0 aliphatic heterocycles. The lowest BCUT2D eigenvalue weighted by Crippen LogP contribution is -2.71. The molecule has 4 saturated carbocycles. The zero-order valence-electron chi connectivity index (χ0n) is 11.9. The molecule has 4 aliphatic carbocycles. The molecule has 4 fully saturated rings. The summed E-state index contributed by atoms with van der Waals surface area (Å²) in [6.07, 6.45) is 7.08. The first kappa shape index (κ1) is 15.2. The topological polar surface area (TPSA) is 101 Å². The highest BCUT2D eigenvalue weighted by molar-refractivity contribution is 7.79. The van der Waals surface area contributed by atoms with E-state index in [1.165, 1.54) is 32.1 Å². The fourth-order valence-corrected chi connectivity index (χ4v) is 5.24. The van der Waals surface area contributed by atoms with Crippen molar-refractivity contribution in [1.82, 2.24) is 0 Å². The fourth-order valence-electron chi connectivity index (χ4n) is 5.24. The van der Waals surface area contributed by atoms with Gasteiger partial charge >= 0.3 is 10.4 Å². The van der Waals surface area contributed by atoms with E-state index in [2.05, 4.69) is 20.8 Å². The van der Waals surface area contributed by atoms with Crippen LogP contribution in [0.4, 0.5) is 0 Å². The highest BCUT2D eigenvalue weighted by Gasteiger charge is 2.64. The maximum absolute atomic E-state index is 8.74. The van der Waals surface area contributed by atoms with Gasteiger partial charge in [-0.3, -0.25) is 9.11 Å². The average molecular weight is 291 g/mol. The van der Waals surface area contributed by atoms with Crippen molar-refractivity contribution < 1.29 is 17.5 Å². The molecular weight excluding hydrogens is 266 g/mol. The summed E-state index contributed by atoms with van der Waals surface area (Å²) in [5, 5.41) is 0. The van der Waals surface area contributed by atoms with Crippen molar-refractivity contribution in [2.45, 2.75) is 58.4 Å². The third-order valence-electron chi connectivity index (χ3n) is 6.13. The summed E-state index contributed by atoms with van der Waals surface area (Å²) >= 11 is 0. The normalized spacial score (nSPS) is 51.7. The molecule has 0 radical (unpaired) electrons. The van der Waals surface area contributed by atoms with Gasteiger partial charge in [-0.1, -0.05) is 13.8 Å². The Morgan fingerprint density at radius 1 is 0.947 bits per heavy atom. The Morgan fingerprint density at radius 2 is 1.21 bits per heavy atom. The van der Waals surface area contributed by atoms with Gasteiger partial charge in [-0.05, 0) is 61.7 Å². The monoisotopic (exact) mass is 291 g/mol. The van der Waals surface area contributed by atoms with Crippen LogP contribution in [-0.4, -0.2) is 23.1 Å². The molecule has 0 aromatic rings. The molecular formula is C13H25NO4S. The van der Waals surface area contributed by atoms with Crippen LogP contribution in [0.3, 0.4) is 0 Å². The molecule has 112 valence electrons. The summed E-state index contributed by atoms with van der Waals surface area (Å²) in [6.45, 7) is 7.22. The fraction of sp³-hybridized carbons (Fsp3) is 1.00. The van der Waals surface area contributed by atoms with E-state index in [0.29, 0.717) is 10.8 Å². The Kier molecular flexibility index (Phi) is 3.34. The first-order chi connectivity index (χ1) is 8.36. The molecule has 0 aromatic heterocycles. The van der Waals surface area contributed by atoms with Crippen LogP contribution in [0, 0.1) is 22.7 Å². The third-order valence-corrected chi connectivity index (χ3v) is 6.13. The Hall–Kier alpha value is -0.170. The number of hydrogen-bond donors (Lipinski definition) is 3. The second kappa shape index (κ2) is 4.16. The van der Waals surface area contributed by atoms with Gasteiger partial charge in [0.1, 0.15) is 0 Å². The zero-order valence-corrected chi connectivity index (χ0v) is 12.7. The predicted octanol–water partition coefficient (Wildman–Crippen LogP) is 2.29. The molecule has 0 unspecified atom stereocenters. The SMILES string of the molecule is CC12CC3CC(C1)CC(C)(C3)C2(C)N.O=S(=O)(O)O. The Balaban J connectivity index is 0.000000232. The lowest BCUT2D eigenvalue weighted by molar-refractivity contribution is -0.159. The van der Waals surface area contributed by atoms with Crippen LogP contribution in [0.1, 0.15) is 52.9 Å². The van der Waals surface area contributed by atoms with E-state index >= 15 is 0 Å². The van der Waals surface area contributed by atoms with Gasteiger partial charge in [0.15, 0.2) is 0 Å². The lowest BCUT2D eigenvalue weighted by atomic mass is 9.38. The van der Waals surface area contributed by atoms with Crippen LogP contribution in [0.2, 0.25) is 0 Å².